The minimum Gasteiger partial charge on any atom is -0.491 e. The third-order valence-corrected chi connectivity index (χ3v) is 3.26. The molecule has 0 spiro atoms. The van der Waals surface area contributed by atoms with E-state index in [4.69, 9.17) is 4.74 Å². The van der Waals surface area contributed by atoms with Crippen LogP contribution in [0.15, 0.2) is 30.3 Å². The Bertz CT molecular complexity index is 595. The SMILES string of the molecule is COC(=O)CCN(CC(C)O)C(=O)/C=C/c1cccc(OC(C)C)c1. The molecule has 25 heavy (non-hydrogen) atoms. The Morgan fingerprint density at radius 3 is 2.60 bits per heavy atom. The number of aliphatic hydroxyl groups excluding tert-OH is 1. The molecule has 1 rings (SSSR count). The van der Waals surface area contributed by atoms with Crippen LogP contribution in [0.5, 0.6) is 5.75 Å². The van der Waals surface area contributed by atoms with Crippen molar-refractivity contribution in [2.45, 2.75) is 39.4 Å². The van der Waals surface area contributed by atoms with E-state index in [9.17, 15) is 14.7 Å². The maximum atomic E-state index is 12.4. The van der Waals surface area contributed by atoms with Crippen LogP contribution in [0, 0.1) is 0 Å². The molecule has 6 nitrogen and oxygen atoms in total. The van der Waals surface area contributed by atoms with Crippen molar-refractivity contribution in [3.8, 4) is 5.75 Å². The zero-order valence-electron chi connectivity index (χ0n) is 15.3. The Hall–Kier alpha value is -2.34. The van der Waals surface area contributed by atoms with E-state index in [0.29, 0.717) is 0 Å². The highest BCUT2D eigenvalue weighted by Gasteiger charge is 2.15. The second kappa shape index (κ2) is 10.5. The fourth-order valence-electron chi connectivity index (χ4n) is 2.18. The smallest absolute Gasteiger partial charge is 0.307 e. The summed E-state index contributed by atoms with van der Waals surface area (Å²) in [6.07, 6.45) is 2.58. The molecular formula is C19H27NO5. The average molecular weight is 349 g/mol. The molecule has 1 aromatic carbocycles. The van der Waals surface area contributed by atoms with Gasteiger partial charge in [-0.2, -0.15) is 0 Å². The molecule has 0 aliphatic carbocycles. The molecule has 1 unspecified atom stereocenters. The molecule has 1 aromatic rings. The molecule has 0 fully saturated rings. The van der Waals surface area contributed by atoms with Gasteiger partial charge in [0, 0.05) is 19.2 Å². The van der Waals surface area contributed by atoms with Gasteiger partial charge in [0.25, 0.3) is 0 Å². The third kappa shape index (κ3) is 8.35. The molecule has 0 aliphatic rings. The summed E-state index contributed by atoms with van der Waals surface area (Å²) < 4.78 is 10.2. The van der Waals surface area contributed by atoms with Crippen LogP contribution in [0.2, 0.25) is 0 Å². The molecule has 0 bridgehead atoms. The van der Waals surface area contributed by atoms with Gasteiger partial charge in [0.05, 0.1) is 25.7 Å². The zero-order chi connectivity index (χ0) is 18.8. The van der Waals surface area contributed by atoms with Crippen molar-refractivity contribution >= 4 is 18.0 Å². The lowest BCUT2D eigenvalue weighted by atomic mass is 10.2. The van der Waals surface area contributed by atoms with E-state index in [2.05, 4.69) is 4.74 Å². The fourth-order valence-corrected chi connectivity index (χ4v) is 2.18. The molecule has 1 atom stereocenters. The minimum atomic E-state index is -0.683. The minimum absolute atomic E-state index is 0.0701. The maximum absolute atomic E-state index is 12.4. The molecule has 138 valence electrons. The van der Waals surface area contributed by atoms with Crippen LogP contribution in [0.3, 0.4) is 0 Å². The summed E-state index contributed by atoms with van der Waals surface area (Å²) in [5.41, 5.74) is 0.830. The van der Waals surface area contributed by atoms with Gasteiger partial charge >= 0.3 is 5.97 Å². The molecule has 0 heterocycles. The standard InChI is InChI=1S/C19H27NO5/c1-14(2)25-17-7-5-6-16(12-17)8-9-18(22)20(13-15(3)21)11-10-19(23)24-4/h5-9,12,14-15,21H,10-11,13H2,1-4H3/b9-8+. The Kier molecular flexibility index (Phi) is 8.70. The van der Waals surface area contributed by atoms with Crippen LogP contribution >= 0.6 is 0 Å². The number of amides is 1. The van der Waals surface area contributed by atoms with E-state index in [1.165, 1.54) is 18.1 Å². The Morgan fingerprint density at radius 1 is 1.28 bits per heavy atom. The molecule has 0 aromatic heterocycles. The van der Waals surface area contributed by atoms with Crippen LogP contribution < -0.4 is 4.74 Å². The van der Waals surface area contributed by atoms with Gasteiger partial charge in [-0.1, -0.05) is 12.1 Å². The maximum Gasteiger partial charge on any atom is 0.307 e. The number of ether oxygens (including phenoxy) is 2. The number of carbonyl (C=O) groups excluding carboxylic acids is 2. The number of benzene rings is 1. The zero-order valence-corrected chi connectivity index (χ0v) is 15.3. The summed E-state index contributed by atoms with van der Waals surface area (Å²) in [5, 5.41) is 9.55. The second-order valence-electron chi connectivity index (χ2n) is 6.03. The summed E-state index contributed by atoms with van der Waals surface area (Å²) in [4.78, 5) is 25.1. The first kappa shape index (κ1) is 20.7. The van der Waals surface area contributed by atoms with Gasteiger partial charge in [0.1, 0.15) is 5.75 Å². The van der Waals surface area contributed by atoms with Crippen molar-refractivity contribution in [1.82, 2.24) is 4.90 Å². The quantitative estimate of drug-likeness (QED) is 0.547. The summed E-state index contributed by atoms with van der Waals surface area (Å²) in [7, 11) is 1.30. The molecule has 0 saturated heterocycles. The van der Waals surface area contributed by atoms with Gasteiger partial charge in [-0.05, 0) is 44.5 Å². The second-order valence-corrected chi connectivity index (χ2v) is 6.03. The average Bonchev–Trinajstić information content (AvgIpc) is 2.55. The predicted octanol–water partition coefficient (Wildman–Crippen LogP) is 2.26. The molecule has 6 heteroatoms. The van der Waals surface area contributed by atoms with Gasteiger partial charge in [0.2, 0.25) is 5.91 Å². The van der Waals surface area contributed by atoms with Crippen molar-refractivity contribution in [2.75, 3.05) is 20.2 Å². The Labute approximate surface area is 149 Å². The number of hydrogen-bond donors (Lipinski definition) is 1. The van der Waals surface area contributed by atoms with Crippen LogP contribution in [-0.4, -0.2) is 54.3 Å². The molecule has 1 N–H and O–H groups in total. The number of hydrogen-bond acceptors (Lipinski definition) is 5. The lowest BCUT2D eigenvalue weighted by Gasteiger charge is -2.22. The fraction of sp³-hybridized carbons (Fsp3) is 0.474. The summed E-state index contributed by atoms with van der Waals surface area (Å²) in [6.45, 7) is 5.82. The van der Waals surface area contributed by atoms with E-state index in [-0.39, 0.29) is 31.5 Å². The topological polar surface area (TPSA) is 76.1 Å². The van der Waals surface area contributed by atoms with Crippen molar-refractivity contribution in [3.63, 3.8) is 0 Å². The van der Waals surface area contributed by atoms with E-state index in [1.807, 2.05) is 38.1 Å². The molecule has 1 amide bonds. The number of nitrogens with zero attached hydrogens (tertiary/aromatic N) is 1. The van der Waals surface area contributed by atoms with Gasteiger partial charge in [-0.3, -0.25) is 9.59 Å². The highest BCUT2D eigenvalue weighted by atomic mass is 16.5. The van der Waals surface area contributed by atoms with Crippen LogP contribution in [-0.2, 0) is 14.3 Å². The number of esters is 1. The summed E-state index contributed by atoms with van der Waals surface area (Å²) >= 11 is 0. The van der Waals surface area contributed by atoms with Crippen molar-refractivity contribution in [1.29, 1.82) is 0 Å². The number of rotatable bonds is 9. The normalized spacial score (nSPS) is 12.2. The summed E-state index contributed by atoms with van der Waals surface area (Å²) in [6, 6.07) is 7.42. The molecule has 0 saturated carbocycles. The third-order valence-electron chi connectivity index (χ3n) is 3.26. The highest BCUT2D eigenvalue weighted by Crippen LogP contribution is 2.16. The summed E-state index contributed by atoms with van der Waals surface area (Å²) in [5.74, 6) is 0.0574. The van der Waals surface area contributed by atoms with Crippen molar-refractivity contribution < 1.29 is 24.2 Å². The van der Waals surface area contributed by atoms with Crippen LogP contribution in [0.1, 0.15) is 32.8 Å². The molecule has 0 aliphatic heterocycles. The lowest BCUT2D eigenvalue weighted by Crippen LogP contribution is -2.37. The van der Waals surface area contributed by atoms with Gasteiger partial charge < -0.3 is 19.5 Å². The first-order chi connectivity index (χ1) is 11.8. The first-order valence-corrected chi connectivity index (χ1v) is 8.30. The largest absolute Gasteiger partial charge is 0.491 e. The first-order valence-electron chi connectivity index (χ1n) is 8.30. The van der Waals surface area contributed by atoms with Crippen molar-refractivity contribution in [3.05, 3.63) is 35.9 Å². The van der Waals surface area contributed by atoms with E-state index in [1.54, 1.807) is 13.0 Å². The predicted molar refractivity (Wildman–Crippen MR) is 96.1 cm³/mol. The molecule has 0 radical (unpaired) electrons. The van der Waals surface area contributed by atoms with Gasteiger partial charge in [0.15, 0.2) is 0 Å². The number of methoxy groups -OCH3 is 1. The monoisotopic (exact) mass is 349 g/mol. The Balaban J connectivity index is 2.77. The van der Waals surface area contributed by atoms with Gasteiger partial charge in [-0.15, -0.1) is 0 Å². The highest BCUT2D eigenvalue weighted by molar-refractivity contribution is 5.92. The van der Waals surface area contributed by atoms with Crippen LogP contribution in [0.25, 0.3) is 6.08 Å². The Morgan fingerprint density at radius 2 is 2.00 bits per heavy atom. The lowest BCUT2D eigenvalue weighted by molar-refractivity contribution is -0.141. The van der Waals surface area contributed by atoms with Crippen molar-refractivity contribution in [2.24, 2.45) is 0 Å². The van der Waals surface area contributed by atoms with E-state index in [0.717, 1.165) is 11.3 Å². The molecular weight excluding hydrogens is 322 g/mol. The van der Waals surface area contributed by atoms with Gasteiger partial charge in [-0.25, -0.2) is 0 Å². The van der Waals surface area contributed by atoms with E-state index >= 15 is 0 Å². The van der Waals surface area contributed by atoms with E-state index < -0.39 is 12.1 Å². The number of carbonyl (C=O) groups is 2. The van der Waals surface area contributed by atoms with Crippen LogP contribution in [0.4, 0.5) is 0 Å². The number of aliphatic hydroxyl groups is 1.